The van der Waals surface area contributed by atoms with E-state index in [1.54, 1.807) is 12.1 Å². The monoisotopic (exact) mass is 370 g/mol. The highest BCUT2D eigenvalue weighted by Gasteiger charge is 2.25. The van der Waals surface area contributed by atoms with Crippen molar-refractivity contribution in [2.45, 2.75) is 12.8 Å². The lowest BCUT2D eigenvalue weighted by Crippen LogP contribution is -2.53. The van der Waals surface area contributed by atoms with Gasteiger partial charge < -0.3 is 14.5 Å². The topological polar surface area (TPSA) is 76.9 Å². The van der Waals surface area contributed by atoms with Crippen molar-refractivity contribution >= 4 is 11.8 Å². The van der Waals surface area contributed by atoms with Gasteiger partial charge in [0.05, 0.1) is 31.4 Å². The molecule has 2 saturated heterocycles. The van der Waals surface area contributed by atoms with Crippen LogP contribution in [0.5, 0.6) is 0 Å². The number of ether oxygens (including phenoxy) is 1. The van der Waals surface area contributed by atoms with E-state index in [0.717, 1.165) is 18.7 Å². The molecule has 27 heavy (non-hydrogen) atoms. The Labute approximate surface area is 160 Å². The molecule has 144 valence electrons. The van der Waals surface area contributed by atoms with Crippen molar-refractivity contribution in [2.24, 2.45) is 0 Å². The van der Waals surface area contributed by atoms with Crippen LogP contribution in [-0.4, -0.2) is 85.5 Å². The standard InChI is InChI=1S/C20H26N4O3/c21-15-18-3-1-17(2-4-18)5-6-19(25)23-7-9-24(10-8-23)20(26)16-22-11-13-27-14-12-22/h1-4H,5-14,16H2. The van der Waals surface area contributed by atoms with Gasteiger partial charge in [-0.25, -0.2) is 0 Å². The summed E-state index contributed by atoms with van der Waals surface area (Å²) in [6.07, 6.45) is 1.12. The first-order valence-electron chi connectivity index (χ1n) is 9.50. The van der Waals surface area contributed by atoms with E-state index in [9.17, 15) is 9.59 Å². The van der Waals surface area contributed by atoms with Crippen LogP contribution in [0.3, 0.4) is 0 Å². The Morgan fingerprint density at radius 2 is 1.52 bits per heavy atom. The van der Waals surface area contributed by atoms with E-state index in [2.05, 4.69) is 11.0 Å². The van der Waals surface area contributed by atoms with Gasteiger partial charge in [-0.3, -0.25) is 14.5 Å². The summed E-state index contributed by atoms with van der Waals surface area (Å²) in [4.78, 5) is 30.7. The van der Waals surface area contributed by atoms with E-state index in [-0.39, 0.29) is 11.8 Å². The van der Waals surface area contributed by atoms with Crippen LogP contribution in [0.25, 0.3) is 0 Å². The zero-order chi connectivity index (χ0) is 19.1. The molecule has 1 aromatic rings. The van der Waals surface area contributed by atoms with Crippen molar-refractivity contribution in [1.29, 1.82) is 5.26 Å². The molecule has 2 amide bonds. The van der Waals surface area contributed by atoms with Crippen molar-refractivity contribution in [3.8, 4) is 6.07 Å². The number of nitrogens with zero attached hydrogens (tertiary/aromatic N) is 4. The molecule has 2 fully saturated rings. The first-order valence-corrected chi connectivity index (χ1v) is 9.50. The molecule has 0 radical (unpaired) electrons. The lowest BCUT2D eigenvalue weighted by atomic mass is 10.1. The molecule has 2 aliphatic rings. The van der Waals surface area contributed by atoms with Crippen LogP contribution in [0.15, 0.2) is 24.3 Å². The van der Waals surface area contributed by atoms with Crippen molar-refractivity contribution in [3.05, 3.63) is 35.4 Å². The van der Waals surface area contributed by atoms with Gasteiger partial charge in [0, 0.05) is 45.7 Å². The molecule has 0 aromatic heterocycles. The fourth-order valence-corrected chi connectivity index (χ4v) is 3.41. The maximum absolute atomic E-state index is 12.4. The summed E-state index contributed by atoms with van der Waals surface area (Å²) in [5, 5.41) is 8.82. The smallest absolute Gasteiger partial charge is 0.236 e. The Hall–Kier alpha value is -2.43. The van der Waals surface area contributed by atoms with Crippen molar-refractivity contribution in [3.63, 3.8) is 0 Å². The van der Waals surface area contributed by atoms with Gasteiger partial charge in [0.1, 0.15) is 0 Å². The highest BCUT2D eigenvalue weighted by molar-refractivity contribution is 5.79. The third kappa shape index (κ3) is 5.52. The van der Waals surface area contributed by atoms with Crippen molar-refractivity contribution in [2.75, 3.05) is 59.0 Å². The summed E-state index contributed by atoms with van der Waals surface area (Å²) in [6, 6.07) is 9.44. The van der Waals surface area contributed by atoms with E-state index in [1.165, 1.54) is 0 Å². The lowest BCUT2D eigenvalue weighted by molar-refractivity contribution is -0.140. The summed E-state index contributed by atoms with van der Waals surface area (Å²) in [5.41, 5.74) is 1.68. The van der Waals surface area contributed by atoms with E-state index in [0.29, 0.717) is 64.3 Å². The first kappa shape index (κ1) is 19.3. The number of aryl methyl sites for hydroxylation is 1. The molecule has 0 N–H and O–H groups in total. The molecule has 2 aliphatic heterocycles. The normalized spacial score (nSPS) is 18.2. The van der Waals surface area contributed by atoms with Gasteiger partial charge in [-0.1, -0.05) is 12.1 Å². The highest BCUT2D eigenvalue weighted by atomic mass is 16.5. The number of hydrogen-bond acceptors (Lipinski definition) is 5. The maximum atomic E-state index is 12.4. The van der Waals surface area contributed by atoms with E-state index >= 15 is 0 Å². The fraction of sp³-hybridized carbons (Fsp3) is 0.550. The second-order valence-corrected chi connectivity index (χ2v) is 6.96. The summed E-state index contributed by atoms with van der Waals surface area (Å²) >= 11 is 0. The number of amides is 2. The highest BCUT2D eigenvalue weighted by Crippen LogP contribution is 2.10. The Bertz CT molecular complexity index is 684. The molecular weight excluding hydrogens is 344 g/mol. The molecule has 0 bridgehead atoms. The van der Waals surface area contributed by atoms with Crippen LogP contribution in [0.2, 0.25) is 0 Å². The summed E-state index contributed by atoms with van der Waals surface area (Å²) in [5.74, 6) is 0.265. The van der Waals surface area contributed by atoms with Crippen LogP contribution in [-0.2, 0) is 20.7 Å². The molecule has 3 rings (SSSR count). The minimum atomic E-state index is 0.125. The Morgan fingerprint density at radius 3 is 2.11 bits per heavy atom. The van der Waals surface area contributed by atoms with Crippen LogP contribution in [0.4, 0.5) is 0 Å². The number of benzene rings is 1. The predicted molar refractivity (Wildman–Crippen MR) is 99.9 cm³/mol. The van der Waals surface area contributed by atoms with Crippen LogP contribution < -0.4 is 0 Å². The largest absolute Gasteiger partial charge is 0.379 e. The van der Waals surface area contributed by atoms with Gasteiger partial charge in [0.2, 0.25) is 11.8 Å². The molecule has 0 spiro atoms. The molecule has 7 heteroatoms. The maximum Gasteiger partial charge on any atom is 0.236 e. The van der Waals surface area contributed by atoms with Gasteiger partial charge in [-0.15, -0.1) is 0 Å². The zero-order valence-corrected chi connectivity index (χ0v) is 15.6. The van der Waals surface area contributed by atoms with Gasteiger partial charge in [-0.05, 0) is 24.1 Å². The minimum Gasteiger partial charge on any atom is -0.379 e. The van der Waals surface area contributed by atoms with Crippen LogP contribution >= 0.6 is 0 Å². The van der Waals surface area contributed by atoms with Crippen molar-refractivity contribution in [1.82, 2.24) is 14.7 Å². The lowest BCUT2D eigenvalue weighted by Gasteiger charge is -2.36. The number of rotatable bonds is 5. The third-order valence-electron chi connectivity index (χ3n) is 5.16. The summed E-state index contributed by atoms with van der Waals surface area (Å²) < 4.78 is 5.31. The first-order chi connectivity index (χ1) is 13.2. The van der Waals surface area contributed by atoms with Gasteiger partial charge in [0.25, 0.3) is 0 Å². The molecule has 0 saturated carbocycles. The molecular formula is C20H26N4O3. The van der Waals surface area contributed by atoms with Gasteiger partial charge >= 0.3 is 0 Å². The molecule has 1 aromatic carbocycles. The zero-order valence-electron chi connectivity index (χ0n) is 15.6. The number of carbonyl (C=O) groups is 2. The van der Waals surface area contributed by atoms with Gasteiger partial charge in [-0.2, -0.15) is 5.26 Å². The summed E-state index contributed by atoms with van der Waals surface area (Å²) in [6.45, 7) is 5.83. The Balaban J connectivity index is 1.39. The average molecular weight is 370 g/mol. The quantitative estimate of drug-likeness (QED) is 0.754. The third-order valence-corrected chi connectivity index (χ3v) is 5.16. The second kappa shape index (κ2) is 9.49. The molecule has 2 heterocycles. The van der Waals surface area contributed by atoms with E-state index in [4.69, 9.17) is 10.00 Å². The van der Waals surface area contributed by atoms with Crippen LogP contribution in [0.1, 0.15) is 17.5 Å². The van der Waals surface area contributed by atoms with Gasteiger partial charge in [0.15, 0.2) is 0 Å². The number of hydrogen-bond donors (Lipinski definition) is 0. The molecule has 0 atom stereocenters. The molecule has 0 aliphatic carbocycles. The number of piperazine rings is 1. The number of carbonyl (C=O) groups excluding carboxylic acids is 2. The molecule has 7 nitrogen and oxygen atoms in total. The average Bonchev–Trinajstić information content (AvgIpc) is 2.73. The Morgan fingerprint density at radius 1 is 0.926 bits per heavy atom. The molecule has 0 unspecified atom stereocenters. The van der Waals surface area contributed by atoms with Crippen LogP contribution in [0, 0.1) is 11.3 Å². The van der Waals surface area contributed by atoms with Crippen molar-refractivity contribution < 1.29 is 14.3 Å². The SMILES string of the molecule is N#Cc1ccc(CCC(=O)N2CCN(C(=O)CN3CCOCC3)CC2)cc1. The number of morpholine rings is 1. The Kier molecular flexibility index (Phi) is 6.80. The van der Waals surface area contributed by atoms with E-state index in [1.807, 2.05) is 21.9 Å². The fourth-order valence-electron chi connectivity index (χ4n) is 3.41. The predicted octanol–water partition coefficient (Wildman–Crippen LogP) is 0.494. The second-order valence-electron chi connectivity index (χ2n) is 6.96. The summed E-state index contributed by atoms with van der Waals surface area (Å²) in [7, 11) is 0. The number of nitriles is 1. The van der Waals surface area contributed by atoms with E-state index < -0.39 is 0 Å². The minimum absolute atomic E-state index is 0.125.